The lowest BCUT2D eigenvalue weighted by atomic mass is 10.1. The lowest BCUT2D eigenvalue weighted by Gasteiger charge is -2.08. The molecular formula is C22H40N2O6. The van der Waals surface area contributed by atoms with E-state index in [9.17, 15) is 19.2 Å². The molecule has 0 aromatic rings. The summed E-state index contributed by atoms with van der Waals surface area (Å²) in [5.41, 5.74) is 0. The summed E-state index contributed by atoms with van der Waals surface area (Å²) in [5, 5.41) is 5.48. The van der Waals surface area contributed by atoms with Gasteiger partial charge in [0.1, 0.15) is 18.2 Å². The molecule has 30 heavy (non-hydrogen) atoms. The molecule has 0 fully saturated rings. The minimum Gasteiger partial charge on any atom is -0.449 e. The van der Waals surface area contributed by atoms with Crippen LogP contribution in [0.15, 0.2) is 0 Å². The Labute approximate surface area is 180 Å². The fourth-order valence-electron chi connectivity index (χ4n) is 2.72. The summed E-state index contributed by atoms with van der Waals surface area (Å²) >= 11 is 0. The molecule has 0 radical (unpaired) electrons. The zero-order valence-electron chi connectivity index (χ0n) is 18.8. The average molecular weight is 429 g/mol. The highest BCUT2D eigenvalue weighted by atomic mass is 16.5. The third kappa shape index (κ3) is 22.3. The van der Waals surface area contributed by atoms with Gasteiger partial charge in [0, 0.05) is 32.4 Å². The quantitative estimate of drug-likeness (QED) is 0.288. The van der Waals surface area contributed by atoms with Gasteiger partial charge < -0.3 is 29.7 Å². The maximum absolute atomic E-state index is 11.6. The number of ketones is 2. The smallest absolute Gasteiger partial charge is 0.407 e. The third-order valence-corrected chi connectivity index (χ3v) is 4.40. The van der Waals surface area contributed by atoms with Crippen molar-refractivity contribution in [1.82, 2.24) is 10.6 Å². The molecular weight excluding hydrogens is 388 g/mol. The number of rotatable bonds is 20. The fourth-order valence-corrected chi connectivity index (χ4v) is 2.72. The molecule has 0 heterocycles. The molecule has 0 unspecified atom stereocenters. The van der Waals surface area contributed by atoms with E-state index in [-0.39, 0.29) is 30.7 Å². The van der Waals surface area contributed by atoms with E-state index in [4.69, 9.17) is 9.47 Å². The van der Waals surface area contributed by atoms with Crippen LogP contribution in [0.3, 0.4) is 0 Å². The summed E-state index contributed by atoms with van der Waals surface area (Å²) in [6.07, 6.45) is 8.88. The van der Waals surface area contributed by atoms with Crippen LogP contribution in [0.5, 0.6) is 0 Å². The van der Waals surface area contributed by atoms with Gasteiger partial charge >= 0.3 is 6.09 Å². The summed E-state index contributed by atoms with van der Waals surface area (Å²) in [7, 11) is 0. The Balaban J connectivity index is 3.33. The molecule has 0 rings (SSSR count). The highest BCUT2D eigenvalue weighted by molar-refractivity contribution is 5.77. The van der Waals surface area contributed by atoms with Crippen LogP contribution in [0.4, 0.5) is 4.79 Å². The summed E-state index contributed by atoms with van der Waals surface area (Å²) in [6.45, 7) is 4.97. The summed E-state index contributed by atoms with van der Waals surface area (Å²) in [4.78, 5) is 44.7. The van der Waals surface area contributed by atoms with Crippen LogP contribution in [0.1, 0.15) is 84.5 Å². The van der Waals surface area contributed by atoms with Crippen LogP contribution in [0.25, 0.3) is 0 Å². The number of ether oxygens (including phenoxy) is 2. The van der Waals surface area contributed by atoms with Gasteiger partial charge in [-0.05, 0) is 39.5 Å². The van der Waals surface area contributed by atoms with E-state index in [1.807, 2.05) is 0 Å². The Kier molecular flexibility index (Phi) is 19.0. The first-order valence-corrected chi connectivity index (χ1v) is 11.2. The Morgan fingerprint density at radius 1 is 0.633 bits per heavy atom. The van der Waals surface area contributed by atoms with Gasteiger partial charge in [-0.25, -0.2) is 4.79 Å². The van der Waals surface area contributed by atoms with Crippen LogP contribution in [0.2, 0.25) is 0 Å². The first kappa shape index (κ1) is 28.0. The Morgan fingerprint density at radius 2 is 1.17 bits per heavy atom. The SMILES string of the molecule is CC(=O)CCCCCCNC(=O)COCCCOC(=O)NCCCCCCC(C)=O. The van der Waals surface area contributed by atoms with Gasteiger partial charge in [0.15, 0.2) is 0 Å². The number of nitrogens with one attached hydrogen (secondary N) is 2. The number of amides is 2. The molecule has 0 saturated carbocycles. The van der Waals surface area contributed by atoms with Crippen LogP contribution in [-0.4, -0.2) is 56.5 Å². The predicted octanol–water partition coefficient (Wildman–Crippen LogP) is 3.31. The average Bonchev–Trinajstić information content (AvgIpc) is 2.68. The van der Waals surface area contributed by atoms with E-state index < -0.39 is 6.09 Å². The molecule has 0 aromatic carbocycles. The highest BCUT2D eigenvalue weighted by Crippen LogP contribution is 2.03. The normalized spacial score (nSPS) is 10.5. The van der Waals surface area contributed by atoms with Gasteiger partial charge in [-0.15, -0.1) is 0 Å². The van der Waals surface area contributed by atoms with E-state index in [2.05, 4.69) is 10.6 Å². The van der Waals surface area contributed by atoms with Gasteiger partial charge in [0.25, 0.3) is 0 Å². The van der Waals surface area contributed by atoms with Gasteiger partial charge in [0.05, 0.1) is 13.2 Å². The molecule has 0 atom stereocenters. The molecule has 2 amide bonds. The lowest BCUT2D eigenvalue weighted by Crippen LogP contribution is -2.29. The predicted molar refractivity (Wildman–Crippen MR) is 115 cm³/mol. The molecule has 0 aliphatic carbocycles. The van der Waals surface area contributed by atoms with Crippen molar-refractivity contribution in [2.75, 3.05) is 32.9 Å². The lowest BCUT2D eigenvalue weighted by molar-refractivity contribution is -0.125. The number of Topliss-reactive ketones (excluding diaryl/α,β-unsaturated/α-hetero) is 2. The molecule has 0 aliphatic rings. The van der Waals surface area contributed by atoms with Crippen LogP contribution in [0, 0.1) is 0 Å². The molecule has 0 saturated heterocycles. The summed E-state index contributed by atoms with van der Waals surface area (Å²) in [6, 6.07) is 0. The van der Waals surface area contributed by atoms with E-state index in [1.54, 1.807) is 13.8 Å². The minimum atomic E-state index is -0.445. The summed E-state index contributed by atoms with van der Waals surface area (Å²) < 4.78 is 10.3. The van der Waals surface area contributed by atoms with Crippen molar-refractivity contribution >= 4 is 23.6 Å². The molecule has 0 spiro atoms. The largest absolute Gasteiger partial charge is 0.449 e. The molecule has 174 valence electrons. The van der Waals surface area contributed by atoms with Crippen molar-refractivity contribution in [1.29, 1.82) is 0 Å². The molecule has 8 nitrogen and oxygen atoms in total. The van der Waals surface area contributed by atoms with Crippen molar-refractivity contribution in [2.24, 2.45) is 0 Å². The standard InChI is InChI=1S/C22H40N2O6/c1-19(25)12-7-3-5-9-14-23-21(27)18-29-16-11-17-30-22(28)24-15-10-6-4-8-13-20(2)26/h3-18H2,1-2H3,(H,23,27)(H,24,28). The zero-order chi connectivity index (χ0) is 22.5. The summed E-state index contributed by atoms with van der Waals surface area (Å²) in [5.74, 6) is 0.288. The molecule has 0 aromatic heterocycles. The third-order valence-electron chi connectivity index (χ3n) is 4.40. The monoisotopic (exact) mass is 428 g/mol. The fraction of sp³-hybridized carbons (Fsp3) is 0.818. The van der Waals surface area contributed by atoms with Gasteiger partial charge in [-0.3, -0.25) is 4.79 Å². The Hall–Kier alpha value is -1.96. The molecule has 2 N–H and O–H groups in total. The minimum absolute atomic E-state index is 0.000160. The van der Waals surface area contributed by atoms with Gasteiger partial charge in [-0.2, -0.15) is 0 Å². The first-order valence-electron chi connectivity index (χ1n) is 11.2. The number of hydrogen-bond donors (Lipinski definition) is 2. The molecule has 0 bridgehead atoms. The second-order valence-electron chi connectivity index (χ2n) is 7.55. The van der Waals surface area contributed by atoms with Crippen molar-refractivity contribution in [3.8, 4) is 0 Å². The van der Waals surface area contributed by atoms with Crippen molar-refractivity contribution in [3.63, 3.8) is 0 Å². The molecule has 0 aliphatic heterocycles. The number of hydrogen-bond acceptors (Lipinski definition) is 6. The number of unbranched alkanes of at least 4 members (excludes halogenated alkanes) is 6. The van der Waals surface area contributed by atoms with Gasteiger partial charge in [-0.1, -0.05) is 25.7 Å². The van der Waals surface area contributed by atoms with Crippen LogP contribution < -0.4 is 10.6 Å². The molecule has 8 heteroatoms. The topological polar surface area (TPSA) is 111 Å². The maximum atomic E-state index is 11.6. The Bertz CT molecular complexity index is 452. The van der Waals surface area contributed by atoms with E-state index in [1.165, 1.54) is 0 Å². The van der Waals surface area contributed by atoms with Crippen molar-refractivity contribution in [3.05, 3.63) is 0 Å². The number of carbonyl (C=O) groups excluding carboxylic acids is 4. The van der Waals surface area contributed by atoms with Crippen molar-refractivity contribution in [2.45, 2.75) is 84.5 Å². The maximum Gasteiger partial charge on any atom is 0.407 e. The zero-order valence-corrected chi connectivity index (χ0v) is 18.8. The number of carbonyl (C=O) groups is 4. The highest BCUT2D eigenvalue weighted by Gasteiger charge is 2.03. The Morgan fingerprint density at radius 3 is 1.73 bits per heavy atom. The second-order valence-corrected chi connectivity index (χ2v) is 7.55. The van der Waals surface area contributed by atoms with Crippen LogP contribution in [-0.2, 0) is 23.9 Å². The van der Waals surface area contributed by atoms with E-state index >= 15 is 0 Å². The number of alkyl carbamates (subject to hydrolysis) is 1. The van der Waals surface area contributed by atoms with E-state index in [0.29, 0.717) is 39.0 Å². The van der Waals surface area contributed by atoms with Gasteiger partial charge in [0.2, 0.25) is 5.91 Å². The van der Waals surface area contributed by atoms with Crippen molar-refractivity contribution < 1.29 is 28.7 Å². The second kappa shape index (κ2) is 20.3. The first-order chi connectivity index (χ1) is 14.4. The van der Waals surface area contributed by atoms with E-state index in [0.717, 1.165) is 51.4 Å². The van der Waals surface area contributed by atoms with Crippen LogP contribution >= 0.6 is 0 Å².